The highest BCUT2D eigenvalue weighted by Gasteiger charge is 2.40. The van der Waals surface area contributed by atoms with E-state index < -0.39 is 70.0 Å². The van der Waals surface area contributed by atoms with Crippen molar-refractivity contribution in [3.05, 3.63) is 97.2 Å². The smallest absolute Gasteiger partial charge is 0.320 e. The fraction of sp³-hybridized carbons (Fsp3) is 0.375. The third kappa shape index (κ3) is 5.18. The minimum absolute atomic E-state index is 0.490. The molecular formula is C32H32O8. The molecule has 0 N–H and O–H groups in total. The molecule has 7 aliphatic heterocycles. The van der Waals surface area contributed by atoms with Crippen molar-refractivity contribution in [2.75, 3.05) is 0 Å². The summed E-state index contributed by atoms with van der Waals surface area (Å²) in [6, 6.07) is 0. The lowest BCUT2D eigenvalue weighted by molar-refractivity contribution is -0.152. The molecule has 11 rings (SSSR count). The van der Waals surface area contributed by atoms with Crippen molar-refractivity contribution in [2.24, 2.45) is 21.7 Å². The van der Waals surface area contributed by atoms with Crippen molar-refractivity contribution in [3.8, 4) is 0 Å². The Hall–Kier alpha value is -4.20. The van der Waals surface area contributed by atoms with Crippen LogP contribution in [0.4, 0.5) is 0 Å². The number of carbonyl (C=O) groups excluding carboxylic acids is 4. The summed E-state index contributed by atoms with van der Waals surface area (Å²) < 4.78 is 22.7. The van der Waals surface area contributed by atoms with Crippen molar-refractivity contribution >= 4 is 23.9 Å². The first-order chi connectivity index (χ1) is 18.8. The van der Waals surface area contributed by atoms with Crippen molar-refractivity contribution in [1.29, 1.82) is 0 Å². The van der Waals surface area contributed by atoms with E-state index in [0.717, 1.165) is 0 Å². The van der Waals surface area contributed by atoms with E-state index in [0.29, 0.717) is 0 Å². The van der Waals surface area contributed by atoms with Gasteiger partial charge in [0.25, 0.3) is 0 Å². The molecule has 0 saturated carbocycles. The number of ether oxygens (including phenoxy) is 4. The Morgan fingerprint density at radius 2 is 0.525 bits per heavy atom. The lowest BCUT2D eigenvalue weighted by Gasteiger charge is -2.31. The van der Waals surface area contributed by atoms with Gasteiger partial charge < -0.3 is 18.9 Å². The van der Waals surface area contributed by atoms with Crippen LogP contribution < -0.4 is 0 Å². The average Bonchev–Trinajstić information content (AvgIpc) is 2.93. The van der Waals surface area contributed by atoms with Gasteiger partial charge in [0.05, 0.1) is 0 Å². The van der Waals surface area contributed by atoms with Crippen LogP contribution in [0, 0.1) is 21.7 Å². The molecule has 4 aliphatic carbocycles. The van der Waals surface area contributed by atoms with Gasteiger partial charge in [0, 0.05) is 0 Å². The largest absolute Gasteiger partial charge is 0.453 e. The Balaban J connectivity index is 1.40. The second-order valence-corrected chi connectivity index (χ2v) is 11.5. The predicted molar refractivity (Wildman–Crippen MR) is 145 cm³/mol. The quantitative estimate of drug-likeness (QED) is 0.254. The van der Waals surface area contributed by atoms with E-state index in [9.17, 15) is 19.2 Å². The van der Waals surface area contributed by atoms with Gasteiger partial charge in [0.1, 0.15) is 46.1 Å². The number of hydrogen-bond donors (Lipinski definition) is 0. The van der Waals surface area contributed by atoms with Gasteiger partial charge in [0.15, 0.2) is 0 Å². The SMILES string of the molecule is CC12C=CC(C=C1)OC(=O)C1(C)C=CC(C=C1)OC(=O)C1(C)C=CC(C=C1)OC(=O)C1(C)C=CC(C=C1)OC2=O. The summed E-state index contributed by atoms with van der Waals surface area (Å²) in [4.78, 5) is 52.1. The van der Waals surface area contributed by atoms with E-state index in [4.69, 9.17) is 18.9 Å². The summed E-state index contributed by atoms with van der Waals surface area (Å²) in [5.41, 5.74) is -4.23. The molecule has 8 heteroatoms. The molecule has 11 aliphatic rings. The van der Waals surface area contributed by atoms with Crippen LogP contribution in [-0.4, -0.2) is 48.3 Å². The molecule has 0 atom stereocenters. The lowest BCUT2D eigenvalue weighted by atomic mass is 9.83. The standard InChI is InChI=1S/C32H32O8/c1-29-13-5-21(6-14-29)38-26(34)31(3)17-9-23(10-18-31)40-28(36)32(4)19-11-24(12-20-32)39-27(35)30(2)15-7-22(8-16-30)37-25(29)33/h5-24H,1-4H3. The molecule has 208 valence electrons. The van der Waals surface area contributed by atoms with E-state index in [1.807, 2.05) is 0 Å². The van der Waals surface area contributed by atoms with E-state index in [2.05, 4.69) is 0 Å². The molecule has 0 amide bonds. The monoisotopic (exact) mass is 544 g/mol. The van der Waals surface area contributed by atoms with Gasteiger partial charge in [-0.25, -0.2) is 0 Å². The molecule has 0 spiro atoms. The van der Waals surface area contributed by atoms with E-state index >= 15 is 0 Å². The Morgan fingerprint density at radius 3 is 0.675 bits per heavy atom. The fourth-order valence-corrected chi connectivity index (χ4v) is 4.70. The van der Waals surface area contributed by atoms with Crippen LogP contribution in [0.2, 0.25) is 0 Å². The van der Waals surface area contributed by atoms with Gasteiger partial charge in [-0.1, -0.05) is 48.6 Å². The maximum absolute atomic E-state index is 13.0. The molecule has 0 aromatic rings. The van der Waals surface area contributed by atoms with Crippen molar-refractivity contribution in [1.82, 2.24) is 0 Å². The highest BCUT2D eigenvalue weighted by Crippen LogP contribution is 2.35. The number of hydrogen-bond acceptors (Lipinski definition) is 8. The summed E-state index contributed by atoms with van der Waals surface area (Å²) in [6.45, 7) is 6.81. The highest BCUT2D eigenvalue weighted by atomic mass is 16.6. The number of rotatable bonds is 0. The van der Waals surface area contributed by atoms with Crippen LogP contribution in [0.3, 0.4) is 0 Å². The molecule has 8 nitrogen and oxygen atoms in total. The first-order valence-electron chi connectivity index (χ1n) is 13.2. The third-order valence-electron chi connectivity index (χ3n) is 7.79. The van der Waals surface area contributed by atoms with Crippen molar-refractivity contribution in [2.45, 2.75) is 52.1 Å². The van der Waals surface area contributed by atoms with Gasteiger partial charge in [-0.3, -0.25) is 19.2 Å². The van der Waals surface area contributed by atoms with Crippen LogP contribution in [0.15, 0.2) is 97.2 Å². The lowest BCUT2D eigenvalue weighted by Crippen LogP contribution is -2.37. The van der Waals surface area contributed by atoms with Gasteiger partial charge >= 0.3 is 23.9 Å². The second-order valence-electron chi connectivity index (χ2n) is 11.5. The van der Waals surface area contributed by atoms with Gasteiger partial charge in [-0.15, -0.1) is 0 Å². The minimum Gasteiger partial charge on any atom is -0.453 e. The number of esters is 4. The molecule has 7 heterocycles. The second kappa shape index (κ2) is 9.77. The number of carbonyl (C=O) groups is 4. The third-order valence-corrected chi connectivity index (χ3v) is 7.79. The van der Waals surface area contributed by atoms with Crippen LogP contribution in [0.25, 0.3) is 0 Å². The van der Waals surface area contributed by atoms with E-state index in [1.54, 1.807) is 125 Å². The Morgan fingerprint density at radius 1 is 0.375 bits per heavy atom. The van der Waals surface area contributed by atoms with Gasteiger partial charge in [-0.05, 0) is 76.3 Å². The normalized spacial score (nSPS) is 42.1. The molecule has 0 aromatic heterocycles. The molecule has 0 saturated heterocycles. The summed E-state index contributed by atoms with van der Waals surface area (Å²) in [5, 5.41) is 0. The summed E-state index contributed by atoms with van der Waals surface area (Å²) in [6.07, 6.45) is 23.6. The average molecular weight is 545 g/mol. The maximum Gasteiger partial charge on any atom is 0.320 e. The molecule has 0 aromatic carbocycles. The molecule has 0 radical (unpaired) electrons. The zero-order valence-corrected chi connectivity index (χ0v) is 22.8. The first kappa shape index (κ1) is 27.4. The van der Waals surface area contributed by atoms with E-state index in [1.165, 1.54) is 0 Å². The van der Waals surface area contributed by atoms with Crippen LogP contribution in [-0.2, 0) is 38.1 Å². The first-order valence-corrected chi connectivity index (χ1v) is 13.2. The van der Waals surface area contributed by atoms with Crippen LogP contribution >= 0.6 is 0 Å². The fourth-order valence-electron chi connectivity index (χ4n) is 4.70. The van der Waals surface area contributed by atoms with Crippen molar-refractivity contribution in [3.63, 3.8) is 0 Å². The van der Waals surface area contributed by atoms with Crippen molar-refractivity contribution < 1.29 is 38.1 Å². The van der Waals surface area contributed by atoms with Gasteiger partial charge in [0.2, 0.25) is 0 Å². The Labute approximate surface area is 233 Å². The zero-order chi connectivity index (χ0) is 28.8. The maximum atomic E-state index is 13.0. The van der Waals surface area contributed by atoms with E-state index in [-0.39, 0.29) is 0 Å². The van der Waals surface area contributed by atoms with Crippen LogP contribution in [0.1, 0.15) is 27.7 Å². The molecular weight excluding hydrogens is 512 g/mol. The summed E-state index contributed by atoms with van der Waals surface area (Å²) in [7, 11) is 0. The summed E-state index contributed by atoms with van der Waals surface area (Å²) >= 11 is 0. The Bertz CT molecular complexity index is 1100. The zero-order valence-electron chi connectivity index (χ0n) is 22.8. The minimum atomic E-state index is -1.06. The van der Waals surface area contributed by atoms with Crippen LogP contribution in [0.5, 0.6) is 0 Å². The molecule has 40 heavy (non-hydrogen) atoms. The van der Waals surface area contributed by atoms with Gasteiger partial charge in [-0.2, -0.15) is 0 Å². The molecule has 8 bridgehead atoms. The molecule has 0 unspecified atom stereocenters. The predicted octanol–water partition coefficient (Wildman–Crippen LogP) is 4.18. The molecule has 0 fully saturated rings. The summed E-state index contributed by atoms with van der Waals surface area (Å²) in [5.74, 6) is -1.96. The highest BCUT2D eigenvalue weighted by molar-refractivity contribution is 5.85. The Kier molecular flexibility index (Phi) is 6.68. The topological polar surface area (TPSA) is 105 Å².